The molecule has 184 valence electrons. The molecule has 10 rings (SSSR count). The third-order valence-electron chi connectivity index (χ3n) is 12.3. The van der Waals surface area contributed by atoms with Gasteiger partial charge < -0.3 is 9.47 Å². The van der Waals surface area contributed by atoms with Gasteiger partial charge in [-0.3, -0.25) is 0 Å². The van der Waals surface area contributed by atoms with Crippen LogP contribution >= 0.6 is 0 Å². The lowest BCUT2D eigenvalue weighted by atomic mass is 9.46. The van der Waals surface area contributed by atoms with E-state index in [1.165, 1.54) is 82.8 Å². The number of rotatable bonds is 6. The normalized spacial score (nSPS) is 49.7. The fourth-order valence-corrected chi connectivity index (χ4v) is 11.2. The second-order valence-corrected chi connectivity index (χ2v) is 14.9. The maximum absolute atomic E-state index is 6.76. The van der Waals surface area contributed by atoms with Crippen LogP contribution in [0.25, 0.3) is 0 Å². The third-order valence-corrected chi connectivity index (χ3v) is 12.3. The smallest absolute Gasteiger partial charge is 0.128 e. The van der Waals surface area contributed by atoms with Gasteiger partial charge in [0, 0.05) is 5.56 Å². The average Bonchev–Trinajstić information content (AvgIpc) is 3.57. The number of epoxide rings is 1. The largest absolute Gasteiger partial charge is 0.490 e. The third kappa shape index (κ3) is 3.09. The van der Waals surface area contributed by atoms with Crippen molar-refractivity contribution < 1.29 is 9.47 Å². The van der Waals surface area contributed by atoms with Crippen LogP contribution < -0.4 is 4.74 Å². The van der Waals surface area contributed by atoms with E-state index in [0.717, 1.165) is 48.7 Å². The quantitative estimate of drug-likeness (QED) is 0.412. The minimum atomic E-state index is -0.0443. The van der Waals surface area contributed by atoms with Crippen molar-refractivity contribution in [3.05, 3.63) is 29.3 Å². The van der Waals surface area contributed by atoms with Crippen LogP contribution in [-0.4, -0.2) is 18.8 Å². The summed E-state index contributed by atoms with van der Waals surface area (Å²) in [7, 11) is 0. The van der Waals surface area contributed by atoms with E-state index in [2.05, 4.69) is 32.0 Å². The van der Waals surface area contributed by atoms with Gasteiger partial charge in [0.25, 0.3) is 0 Å². The zero-order valence-electron chi connectivity index (χ0n) is 21.5. The minimum absolute atomic E-state index is 0.0443. The van der Waals surface area contributed by atoms with Crippen molar-refractivity contribution >= 4 is 0 Å². The molecule has 1 unspecified atom stereocenters. The van der Waals surface area contributed by atoms with Crippen LogP contribution in [0.4, 0.5) is 0 Å². The van der Waals surface area contributed by atoms with Crippen molar-refractivity contribution in [1.82, 2.24) is 0 Å². The maximum Gasteiger partial charge on any atom is 0.128 e. The molecule has 2 heteroatoms. The molecule has 8 bridgehead atoms. The van der Waals surface area contributed by atoms with E-state index in [1.54, 1.807) is 11.1 Å². The summed E-state index contributed by atoms with van der Waals surface area (Å²) in [5, 5.41) is 0. The molecule has 9 fully saturated rings. The van der Waals surface area contributed by atoms with Crippen molar-refractivity contribution in [2.75, 3.05) is 13.2 Å². The predicted molar refractivity (Wildman–Crippen MR) is 135 cm³/mol. The van der Waals surface area contributed by atoms with Crippen LogP contribution in [0.3, 0.4) is 0 Å². The van der Waals surface area contributed by atoms with Crippen LogP contribution in [0, 0.1) is 41.4 Å². The first kappa shape index (κ1) is 21.1. The second-order valence-electron chi connectivity index (χ2n) is 14.9. The van der Waals surface area contributed by atoms with Crippen molar-refractivity contribution in [2.45, 2.75) is 107 Å². The van der Waals surface area contributed by atoms with E-state index >= 15 is 0 Å². The molecular formula is C32H44O2. The van der Waals surface area contributed by atoms with Gasteiger partial charge in [-0.25, -0.2) is 0 Å². The highest BCUT2D eigenvalue weighted by Crippen LogP contribution is 2.64. The Morgan fingerprint density at radius 2 is 1.24 bits per heavy atom. The molecule has 0 amide bonds. The molecule has 1 aliphatic heterocycles. The molecule has 34 heavy (non-hydrogen) atoms. The lowest BCUT2D eigenvalue weighted by molar-refractivity contribution is -0.00942. The highest BCUT2D eigenvalue weighted by atomic mass is 16.6. The molecule has 1 saturated heterocycles. The Bertz CT molecular complexity index is 914. The molecule has 1 atom stereocenters. The van der Waals surface area contributed by atoms with Crippen LogP contribution in [0.5, 0.6) is 5.75 Å². The first-order chi connectivity index (χ1) is 16.4. The first-order valence-corrected chi connectivity index (χ1v) is 14.8. The fourth-order valence-electron chi connectivity index (χ4n) is 11.2. The van der Waals surface area contributed by atoms with Crippen LogP contribution in [-0.2, 0) is 15.6 Å². The summed E-state index contributed by atoms with van der Waals surface area (Å²) in [6.45, 7) is 6.16. The number of ether oxygens (including phenoxy) is 2. The molecule has 1 aromatic carbocycles. The average molecular weight is 461 g/mol. The zero-order chi connectivity index (χ0) is 22.7. The number of hydrogen-bond donors (Lipinski definition) is 0. The SMILES string of the molecule is CC(C)C1(COc2ccc(C34CC5CC(CC(C5)C3)C4)cc2C23CC4CC(CC(C4)C2)C3)CO1. The Labute approximate surface area is 206 Å². The number of benzene rings is 1. The van der Waals surface area contributed by atoms with E-state index in [0.29, 0.717) is 16.7 Å². The standard InChI is InChI=1S/C32H44O2/c1-20(2)32(19-34-32)18-33-29-4-3-27(30-12-21-5-22(13-30)7-23(6-21)14-30)11-28(29)31-15-24-8-25(16-31)10-26(9-24)17-31/h3-4,11,20-26H,5-10,12-19H2,1-2H3. The van der Waals surface area contributed by atoms with Crippen LogP contribution in [0.15, 0.2) is 18.2 Å². The Hall–Kier alpha value is -1.02. The Balaban J connectivity index is 1.19. The summed E-state index contributed by atoms with van der Waals surface area (Å²) in [6.07, 6.45) is 17.8. The van der Waals surface area contributed by atoms with E-state index in [4.69, 9.17) is 9.47 Å². The summed E-state index contributed by atoms with van der Waals surface area (Å²) in [4.78, 5) is 0. The van der Waals surface area contributed by atoms with Gasteiger partial charge in [0.2, 0.25) is 0 Å². The molecule has 1 aromatic rings. The molecule has 8 aliphatic carbocycles. The van der Waals surface area contributed by atoms with E-state index in [-0.39, 0.29) is 5.60 Å². The Morgan fingerprint density at radius 3 is 1.68 bits per heavy atom. The van der Waals surface area contributed by atoms with Gasteiger partial charge in [-0.1, -0.05) is 26.0 Å². The van der Waals surface area contributed by atoms with Gasteiger partial charge in [-0.05, 0) is 141 Å². The zero-order valence-corrected chi connectivity index (χ0v) is 21.5. The summed E-state index contributed by atoms with van der Waals surface area (Å²) in [5.74, 6) is 7.64. The van der Waals surface area contributed by atoms with E-state index in [1.807, 2.05) is 0 Å². The van der Waals surface area contributed by atoms with Gasteiger partial charge in [-0.2, -0.15) is 0 Å². The second kappa shape index (κ2) is 7.05. The summed E-state index contributed by atoms with van der Waals surface area (Å²) < 4.78 is 12.7. The van der Waals surface area contributed by atoms with Gasteiger partial charge in [0.15, 0.2) is 0 Å². The maximum atomic E-state index is 6.76. The predicted octanol–water partition coefficient (Wildman–Crippen LogP) is 7.43. The van der Waals surface area contributed by atoms with E-state index < -0.39 is 0 Å². The Kier molecular flexibility index (Phi) is 4.38. The molecule has 0 spiro atoms. The van der Waals surface area contributed by atoms with Crippen molar-refractivity contribution in [3.63, 3.8) is 0 Å². The molecule has 1 heterocycles. The van der Waals surface area contributed by atoms with Gasteiger partial charge >= 0.3 is 0 Å². The topological polar surface area (TPSA) is 21.8 Å². The first-order valence-electron chi connectivity index (χ1n) is 14.8. The lowest BCUT2D eigenvalue weighted by Crippen LogP contribution is -2.50. The van der Waals surface area contributed by atoms with Crippen LogP contribution in [0.2, 0.25) is 0 Å². The van der Waals surface area contributed by atoms with E-state index in [9.17, 15) is 0 Å². The van der Waals surface area contributed by atoms with Gasteiger partial charge in [-0.15, -0.1) is 0 Å². The van der Waals surface area contributed by atoms with Gasteiger partial charge in [0.1, 0.15) is 18.0 Å². The fraction of sp³-hybridized carbons (Fsp3) is 0.812. The summed E-state index contributed by atoms with van der Waals surface area (Å²) in [6, 6.07) is 7.69. The highest BCUT2D eigenvalue weighted by Gasteiger charge is 2.55. The lowest BCUT2D eigenvalue weighted by Gasteiger charge is -2.58. The molecule has 8 saturated carbocycles. The van der Waals surface area contributed by atoms with Crippen molar-refractivity contribution in [3.8, 4) is 5.75 Å². The molecule has 0 N–H and O–H groups in total. The van der Waals surface area contributed by atoms with Crippen molar-refractivity contribution in [2.24, 2.45) is 41.4 Å². The molecule has 2 nitrogen and oxygen atoms in total. The number of hydrogen-bond acceptors (Lipinski definition) is 2. The Morgan fingerprint density at radius 1 is 0.765 bits per heavy atom. The van der Waals surface area contributed by atoms with Crippen molar-refractivity contribution in [1.29, 1.82) is 0 Å². The van der Waals surface area contributed by atoms with Crippen LogP contribution in [0.1, 0.15) is 102 Å². The molecule has 9 aliphatic rings. The molecular weight excluding hydrogens is 416 g/mol. The van der Waals surface area contributed by atoms with Gasteiger partial charge in [0.05, 0.1) is 6.61 Å². The monoisotopic (exact) mass is 460 g/mol. The minimum Gasteiger partial charge on any atom is -0.490 e. The summed E-state index contributed by atoms with van der Waals surface area (Å²) >= 11 is 0. The summed E-state index contributed by atoms with van der Waals surface area (Å²) in [5.41, 5.74) is 4.14. The molecule has 0 radical (unpaired) electrons. The highest BCUT2D eigenvalue weighted by molar-refractivity contribution is 5.47. The molecule has 0 aromatic heterocycles.